The predicted octanol–water partition coefficient (Wildman–Crippen LogP) is 4.61. The number of rotatable bonds is 11. The Labute approximate surface area is 215 Å². The zero-order valence-electron chi connectivity index (χ0n) is 22.4. The number of ether oxygens (including phenoxy) is 2. The van der Waals surface area contributed by atoms with E-state index in [1.807, 2.05) is 6.07 Å². The van der Waals surface area contributed by atoms with Gasteiger partial charge in [-0.15, -0.1) is 0 Å². The molecule has 1 aliphatic carbocycles. The summed E-state index contributed by atoms with van der Waals surface area (Å²) in [7, 11) is 6.86. The molecule has 8 heteroatoms. The maximum Gasteiger partial charge on any atom is 0.335 e. The van der Waals surface area contributed by atoms with Gasteiger partial charge in [-0.2, -0.15) is 0 Å². The first-order valence-corrected chi connectivity index (χ1v) is 13.1. The topological polar surface area (TPSA) is 71.4 Å². The van der Waals surface area contributed by atoms with Crippen LogP contribution in [0.15, 0.2) is 29.3 Å². The van der Waals surface area contributed by atoms with E-state index in [2.05, 4.69) is 35.8 Å². The highest BCUT2D eigenvalue weighted by Crippen LogP contribution is 2.43. The smallest absolute Gasteiger partial charge is 0.335 e. The van der Waals surface area contributed by atoms with E-state index in [0.717, 1.165) is 50.6 Å². The lowest BCUT2D eigenvalue weighted by molar-refractivity contribution is -0.150. The average Bonchev–Trinajstić information content (AvgIpc) is 3.21. The minimum Gasteiger partial charge on any atom is -0.469 e. The van der Waals surface area contributed by atoms with Gasteiger partial charge in [0.05, 0.1) is 26.6 Å². The molecular weight excluding hydrogens is 461 g/mol. The van der Waals surface area contributed by atoms with Crippen molar-refractivity contribution in [2.75, 3.05) is 34.9 Å². The standard InChI is InChI=1S/C28H42FN3O4/c1-6-16-32-19-30-28(27(34)36-5,15-14-25(33)35-4)24(32)17-20-10-12-21(13-11-20)26(31(2)3)22-8-7-9-23(29)18-22/h7-9,18-21,24,26H,6,10-17H2,1-5H3. The van der Waals surface area contributed by atoms with E-state index in [9.17, 15) is 14.0 Å². The van der Waals surface area contributed by atoms with E-state index in [1.54, 1.807) is 18.5 Å². The van der Waals surface area contributed by atoms with Gasteiger partial charge in [0.25, 0.3) is 0 Å². The molecule has 3 rings (SSSR count). The third-order valence-electron chi connectivity index (χ3n) is 7.99. The van der Waals surface area contributed by atoms with Crippen molar-refractivity contribution in [2.45, 2.75) is 75.9 Å². The first-order valence-electron chi connectivity index (χ1n) is 13.1. The summed E-state index contributed by atoms with van der Waals surface area (Å²) in [5.41, 5.74) is -0.0721. The molecule has 0 saturated heterocycles. The van der Waals surface area contributed by atoms with Crippen molar-refractivity contribution in [1.29, 1.82) is 0 Å². The zero-order valence-corrected chi connectivity index (χ0v) is 22.4. The Morgan fingerprint density at radius 1 is 1.19 bits per heavy atom. The number of carbonyl (C=O) groups is 2. The maximum atomic E-state index is 13.9. The first-order chi connectivity index (χ1) is 17.2. The Morgan fingerprint density at radius 3 is 2.50 bits per heavy atom. The number of nitrogens with zero attached hydrogens (tertiary/aromatic N) is 3. The normalized spacial score (nSPS) is 26.8. The minimum absolute atomic E-state index is 0.115. The summed E-state index contributed by atoms with van der Waals surface area (Å²) in [5, 5.41) is 0. The van der Waals surface area contributed by atoms with Gasteiger partial charge in [0.15, 0.2) is 5.54 Å². The van der Waals surface area contributed by atoms with Crippen LogP contribution < -0.4 is 0 Å². The molecule has 3 unspecified atom stereocenters. The van der Waals surface area contributed by atoms with Gasteiger partial charge in [0.2, 0.25) is 0 Å². The number of benzene rings is 1. The average molecular weight is 504 g/mol. The zero-order chi connectivity index (χ0) is 26.3. The lowest BCUT2D eigenvalue weighted by Crippen LogP contribution is -2.53. The molecule has 1 heterocycles. The first kappa shape index (κ1) is 28.1. The summed E-state index contributed by atoms with van der Waals surface area (Å²) in [5.74, 6) is -0.0667. The van der Waals surface area contributed by atoms with Crippen molar-refractivity contribution >= 4 is 18.3 Å². The largest absolute Gasteiger partial charge is 0.469 e. The molecule has 0 aromatic heterocycles. The lowest BCUT2D eigenvalue weighted by Gasteiger charge is -2.41. The fourth-order valence-corrected chi connectivity index (χ4v) is 6.25. The molecule has 1 aromatic carbocycles. The van der Waals surface area contributed by atoms with E-state index in [1.165, 1.54) is 20.3 Å². The molecule has 0 N–H and O–H groups in total. The van der Waals surface area contributed by atoms with E-state index >= 15 is 0 Å². The number of aliphatic imine (C=N–C) groups is 1. The summed E-state index contributed by atoms with van der Waals surface area (Å²) in [4.78, 5) is 34.1. The molecule has 0 amide bonds. The van der Waals surface area contributed by atoms with Crippen LogP contribution in [0.3, 0.4) is 0 Å². The number of carbonyl (C=O) groups excluding carboxylic acids is 2. The van der Waals surface area contributed by atoms with Crippen LogP contribution in [0.5, 0.6) is 0 Å². The molecule has 200 valence electrons. The van der Waals surface area contributed by atoms with E-state index in [4.69, 9.17) is 9.47 Å². The van der Waals surface area contributed by atoms with Crippen LogP contribution in [-0.2, 0) is 19.1 Å². The molecule has 0 bridgehead atoms. The summed E-state index contributed by atoms with van der Waals surface area (Å²) in [6, 6.07) is 6.97. The van der Waals surface area contributed by atoms with E-state index < -0.39 is 11.5 Å². The highest BCUT2D eigenvalue weighted by atomic mass is 19.1. The fraction of sp³-hybridized carbons (Fsp3) is 0.679. The van der Waals surface area contributed by atoms with Crippen molar-refractivity contribution in [3.05, 3.63) is 35.6 Å². The van der Waals surface area contributed by atoms with Crippen LogP contribution in [0, 0.1) is 17.7 Å². The van der Waals surface area contributed by atoms with Gasteiger partial charge in [0.1, 0.15) is 5.82 Å². The third kappa shape index (κ3) is 6.25. The predicted molar refractivity (Wildman–Crippen MR) is 138 cm³/mol. The minimum atomic E-state index is -1.09. The molecular formula is C28H42FN3O4. The number of hydrogen-bond acceptors (Lipinski definition) is 7. The van der Waals surface area contributed by atoms with Crippen LogP contribution in [0.25, 0.3) is 0 Å². The maximum absolute atomic E-state index is 13.9. The number of hydrogen-bond donors (Lipinski definition) is 0. The van der Waals surface area contributed by atoms with Crippen LogP contribution >= 0.6 is 0 Å². The molecule has 3 atom stereocenters. The monoisotopic (exact) mass is 503 g/mol. The molecule has 36 heavy (non-hydrogen) atoms. The van der Waals surface area contributed by atoms with Crippen molar-refractivity contribution in [3.8, 4) is 0 Å². The van der Waals surface area contributed by atoms with Crippen molar-refractivity contribution in [1.82, 2.24) is 9.80 Å². The molecule has 1 saturated carbocycles. The van der Waals surface area contributed by atoms with Gasteiger partial charge in [-0.25, -0.2) is 9.18 Å². The molecule has 1 fully saturated rings. The number of halogens is 1. The molecule has 2 aliphatic rings. The number of methoxy groups -OCH3 is 2. The Hall–Kier alpha value is -2.48. The van der Waals surface area contributed by atoms with Crippen LogP contribution in [0.2, 0.25) is 0 Å². The second kappa shape index (κ2) is 12.7. The SMILES string of the molecule is CCCN1C=NC(CCC(=O)OC)(C(=O)OC)C1CC1CCC(C(c2cccc(F)c2)N(C)C)CC1. The van der Waals surface area contributed by atoms with Gasteiger partial charge in [-0.05, 0) is 75.7 Å². The number of esters is 2. The second-order valence-corrected chi connectivity index (χ2v) is 10.5. The fourth-order valence-electron chi connectivity index (χ4n) is 6.25. The van der Waals surface area contributed by atoms with Crippen molar-refractivity contribution in [3.63, 3.8) is 0 Å². The van der Waals surface area contributed by atoms with Crippen LogP contribution in [0.4, 0.5) is 4.39 Å². The Balaban J connectivity index is 1.74. The molecule has 0 radical (unpaired) electrons. The highest BCUT2D eigenvalue weighted by Gasteiger charge is 2.52. The molecule has 1 aromatic rings. The van der Waals surface area contributed by atoms with Gasteiger partial charge < -0.3 is 19.3 Å². The summed E-state index contributed by atoms with van der Waals surface area (Å²) in [6.07, 6.45) is 8.06. The summed E-state index contributed by atoms with van der Waals surface area (Å²) < 4.78 is 24.0. The summed E-state index contributed by atoms with van der Waals surface area (Å²) >= 11 is 0. The lowest BCUT2D eigenvalue weighted by atomic mass is 9.72. The molecule has 1 aliphatic heterocycles. The van der Waals surface area contributed by atoms with E-state index in [-0.39, 0.29) is 36.7 Å². The quantitative estimate of drug-likeness (QED) is 0.411. The molecule has 0 spiro atoms. The van der Waals surface area contributed by atoms with Crippen molar-refractivity contribution in [2.24, 2.45) is 16.8 Å². The Kier molecular flexibility index (Phi) is 9.88. The van der Waals surface area contributed by atoms with Crippen molar-refractivity contribution < 1.29 is 23.5 Å². The third-order valence-corrected chi connectivity index (χ3v) is 7.99. The van der Waals surface area contributed by atoms with E-state index in [0.29, 0.717) is 11.8 Å². The van der Waals surface area contributed by atoms with Crippen LogP contribution in [0.1, 0.15) is 69.9 Å². The summed E-state index contributed by atoms with van der Waals surface area (Å²) in [6.45, 7) is 2.90. The van der Waals surface area contributed by atoms with Gasteiger partial charge >= 0.3 is 11.9 Å². The Morgan fingerprint density at radius 2 is 1.92 bits per heavy atom. The Bertz CT molecular complexity index is 916. The second-order valence-electron chi connectivity index (χ2n) is 10.5. The van der Waals surface area contributed by atoms with Gasteiger partial charge in [-0.3, -0.25) is 9.79 Å². The van der Waals surface area contributed by atoms with Gasteiger partial charge in [0, 0.05) is 19.0 Å². The molecule has 7 nitrogen and oxygen atoms in total. The van der Waals surface area contributed by atoms with Gasteiger partial charge in [-0.1, -0.05) is 31.9 Å². The highest BCUT2D eigenvalue weighted by molar-refractivity contribution is 5.87. The van der Waals surface area contributed by atoms with Crippen LogP contribution in [-0.4, -0.2) is 74.5 Å².